The second-order valence-corrected chi connectivity index (χ2v) is 55.4. The van der Waals surface area contributed by atoms with Crippen LogP contribution in [0.4, 0.5) is 0 Å². The zero-order chi connectivity index (χ0) is 111. The maximum absolute atomic E-state index is 12.4. The number of esters is 10. The number of nitrogens with zero attached hydrogens (tertiary/aromatic N) is 1. The molecule has 842 valence electrons. The van der Waals surface area contributed by atoms with E-state index in [1.165, 1.54) is 77.0 Å². The van der Waals surface area contributed by atoms with E-state index in [-0.39, 0.29) is 134 Å². The van der Waals surface area contributed by atoms with Gasteiger partial charge in [-0.15, -0.1) is 0 Å². The lowest BCUT2D eigenvalue weighted by Gasteiger charge is -2.62. The molecule has 4 aliphatic heterocycles. The Labute approximate surface area is 884 Å². The molecule has 27 nitrogen and oxygen atoms in total. The largest absolute Gasteiger partial charge is 0.462 e. The monoisotopic (exact) mass is 2070 g/mol. The molecule has 18 fully saturated rings. The Bertz CT molecular complexity index is 4410. The van der Waals surface area contributed by atoms with Crippen molar-refractivity contribution in [2.75, 3.05) is 0 Å². The maximum Gasteiger partial charge on any atom is 0.350 e. The first-order valence-corrected chi connectivity index (χ1v) is 57.6. The summed E-state index contributed by atoms with van der Waals surface area (Å²) in [6.45, 7) is 63.8. The molecule has 4 saturated heterocycles. The molecule has 4 heterocycles. The number of nitriles is 1. The third-order valence-corrected chi connectivity index (χ3v) is 38.5. The summed E-state index contributed by atoms with van der Waals surface area (Å²) in [6, 6.07) is 2.15. The molecule has 0 aromatic heterocycles. The molecule has 18 aliphatic rings. The normalized spacial score (nSPS) is 33.9. The first-order valence-electron chi connectivity index (χ1n) is 57.6. The van der Waals surface area contributed by atoms with E-state index >= 15 is 0 Å². The minimum absolute atomic E-state index is 0.0150. The van der Waals surface area contributed by atoms with Gasteiger partial charge in [0.1, 0.15) is 59.0 Å². The van der Waals surface area contributed by atoms with E-state index in [0.717, 1.165) is 147 Å². The molecule has 15 unspecified atom stereocenters. The van der Waals surface area contributed by atoms with E-state index < -0.39 is 103 Å². The zero-order valence-corrected chi connectivity index (χ0v) is 97.3. The van der Waals surface area contributed by atoms with Gasteiger partial charge in [-0.05, 0) is 366 Å². The lowest BCUT2D eigenvalue weighted by Crippen LogP contribution is -2.67. The molecule has 10 bridgehead atoms. The van der Waals surface area contributed by atoms with Gasteiger partial charge in [0.25, 0.3) is 0 Å². The predicted molar refractivity (Wildman–Crippen MR) is 562 cm³/mol. The first-order chi connectivity index (χ1) is 67.7. The fourth-order valence-electron chi connectivity index (χ4n) is 25.4. The van der Waals surface area contributed by atoms with E-state index in [9.17, 15) is 73.6 Å². The molecule has 0 radical (unpaired) electrons. The van der Waals surface area contributed by atoms with Crippen molar-refractivity contribution < 1.29 is 125 Å². The van der Waals surface area contributed by atoms with Crippen LogP contribution in [0.3, 0.4) is 0 Å². The van der Waals surface area contributed by atoms with Gasteiger partial charge in [0, 0.05) is 56.8 Å². The van der Waals surface area contributed by atoms with Crippen molar-refractivity contribution in [3.63, 3.8) is 0 Å². The summed E-state index contributed by atoms with van der Waals surface area (Å²) >= 11 is 0. The molecule has 14 aliphatic carbocycles. The molecule has 15 atom stereocenters. The van der Waals surface area contributed by atoms with Crippen LogP contribution >= 0.6 is 0 Å². The number of fused-ring (bicyclic) bond motifs is 4. The molecule has 18 rings (SSSR count). The molecule has 147 heavy (non-hydrogen) atoms. The van der Waals surface area contributed by atoms with E-state index in [1.807, 2.05) is 166 Å². The van der Waals surface area contributed by atoms with Crippen LogP contribution in [0.2, 0.25) is 0 Å². The van der Waals surface area contributed by atoms with Crippen molar-refractivity contribution in [1.82, 2.24) is 0 Å². The van der Waals surface area contributed by atoms with E-state index in [1.54, 1.807) is 13.8 Å². The molecular weight excluding hydrogens is 1870 g/mol. The Balaban J connectivity index is 0.000000187. The van der Waals surface area contributed by atoms with Crippen molar-refractivity contribution >= 4 is 59.7 Å². The molecule has 0 aromatic carbocycles. The molecule has 14 saturated carbocycles. The summed E-state index contributed by atoms with van der Waals surface area (Å²) in [7, 11) is 0. The predicted octanol–water partition coefficient (Wildman–Crippen LogP) is 24.0. The van der Waals surface area contributed by atoms with Gasteiger partial charge in [0.15, 0.2) is 11.5 Å². The van der Waals surface area contributed by atoms with Gasteiger partial charge in [-0.1, -0.05) is 116 Å². The van der Waals surface area contributed by atoms with E-state index in [2.05, 4.69) is 47.6 Å². The Morgan fingerprint density at radius 1 is 0.381 bits per heavy atom. The fraction of sp³-hybridized carbons (Fsp3) is 0.908. The van der Waals surface area contributed by atoms with Crippen LogP contribution < -0.4 is 0 Å². The molecule has 27 heteroatoms. The molecule has 4 N–H and O–H groups in total. The Morgan fingerprint density at radius 3 is 1.14 bits per heavy atom. The Kier molecular flexibility index (Phi) is 40.1. The number of aliphatic hydroxyl groups is 4. The molecule has 0 amide bonds. The van der Waals surface area contributed by atoms with Gasteiger partial charge in [-0.3, -0.25) is 43.2 Å². The highest BCUT2D eigenvalue weighted by Crippen LogP contribution is 2.65. The average molecular weight is 2070 g/mol. The lowest BCUT2D eigenvalue weighted by atomic mass is 9.50. The number of hydrogen-bond acceptors (Lipinski definition) is 27. The highest BCUT2D eigenvalue weighted by atomic mass is 16.7. The van der Waals surface area contributed by atoms with Crippen LogP contribution in [0.1, 0.15) is 498 Å². The molecule has 0 spiro atoms. The number of carbonyl (C=O) groups excluding carboxylic acids is 10. The van der Waals surface area contributed by atoms with Crippen LogP contribution in [-0.2, 0) is 105 Å². The second-order valence-electron chi connectivity index (χ2n) is 55.4. The zero-order valence-electron chi connectivity index (χ0n) is 97.3. The van der Waals surface area contributed by atoms with Crippen molar-refractivity contribution in [3.8, 4) is 6.07 Å². The highest BCUT2D eigenvalue weighted by Gasteiger charge is 2.73. The van der Waals surface area contributed by atoms with Crippen LogP contribution in [0, 0.1) is 101 Å². The first kappa shape index (κ1) is 124. The third kappa shape index (κ3) is 29.8. The summed E-state index contributed by atoms with van der Waals surface area (Å²) in [5.74, 6) is -0.252. The minimum Gasteiger partial charge on any atom is -0.462 e. The van der Waals surface area contributed by atoms with Crippen LogP contribution in [0.25, 0.3) is 0 Å². The summed E-state index contributed by atoms with van der Waals surface area (Å²) in [6.07, 6.45) is 35.6. The van der Waals surface area contributed by atoms with Crippen LogP contribution in [0.5, 0.6) is 0 Å². The standard InChI is InChI=1S/C16H24O6.2C16H26O4.C16H30O2.C15H19NO4.C15H28O2.C14H26O2.C12H22O2/c1-6-15(2,3)14(18)21-12-11-10(20-13(12)17)9-8(19-11)7-16(4,5)22-9;2*1-4-13(2,3)12(17)20-16-7-11-5-14(18,9-16)8-15(19,6-11)10-16;1-7-16(5,6)14(17)18-13-10-8-12(9-11-13)15(2,3)4;1-4-14(2,3)12(17)19-10-8-5-9-11(10)20-13(18)15(9,6-8)7-16;1-6-14(3,4)13(16)17-15(5,7-2)12-10-8-9-11-12;1-5-13(3,4)12(15)16-14(6-2)10-8-7-9-11-14;1-4-12(2,3)11(13)14-10-8-6-5-7-9-10/h8-12H,6-7H2,1-5H3;2*11,18-19H,4-10H2,1-3H3;12-13H,7-11H2,1-6H3;8-11H,4-6H2,1-3H3;12H,6-11H2,1-5H3;5-11H2,1-4H3;10H,4-9H2,1-3H3. The Morgan fingerprint density at radius 2 is 0.755 bits per heavy atom. The van der Waals surface area contributed by atoms with E-state index in [4.69, 9.17) is 56.8 Å². The number of rotatable bonds is 27. The van der Waals surface area contributed by atoms with Crippen LogP contribution in [0.15, 0.2) is 0 Å². The number of hydrogen-bond donors (Lipinski definition) is 4. The summed E-state index contributed by atoms with van der Waals surface area (Å²) < 4.78 is 68.3. The van der Waals surface area contributed by atoms with Gasteiger partial charge < -0.3 is 77.3 Å². The fourth-order valence-corrected chi connectivity index (χ4v) is 25.4. The summed E-state index contributed by atoms with van der Waals surface area (Å²) in [5, 5.41) is 51.9. The van der Waals surface area contributed by atoms with Crippen molar-refractivity contribution in [2.45, 2.75) is 603 Å². The topological polar surface area (TPSA) is 386 Å². The van der Waals surface area contributed by atoms with Gasteiger partial charge in [-0.2, -0.15) is 5.26 Å². The smallest absolute Gasteiger partial charge is 0.350 e. The maximum atomic E-state index is 12.4. The number of ether oxygens (including phenoxy) is 12. The van der Waals surface area contributed by atoms with E-state index in [0.29, 0.717) is 69.1 Å². The lowest BCUT2D eigenvalue weighted by molar-refractivity contribution is -0.265. The second kappa shape index (κ2) is 47.3. The molecule has 0 aromatic rings. The third-order valence-electron chi connectivity index (χ3n) is 38.5. The van der Waals surface area contributed by atoms with Crippen LogP contribution in [-0.4, -0.2) is 185 Å². The Hall–Kier alpha value is -6.05. The highest BCUT2D eigenvalue weighted by molar-refractivity contribution is 5.86. The SMILES string of the molecule is CCC(C)(C)C(=O)OC(C)(CC)C1CCCC1.CCC(C)(C)C(=O)OC12CC3CC(O)(CC(O)(C3)C1)C2.CCC(C)(C)C(=O)OC12CC3CC(O)(CC(O)(C3)C1)C2.CCC(C)(C)C(=O)OC1C(=O)OC2C3OC(C)(C)CC3OC12.CCC(C)(C)C(=O)OC1C2CC3C1OC(=O)C3(C#N)C2.CCC(C)(C)C(=O)OC1CCC(C(C)(C)C)CC1.CCC(C)(C)C(=O)OC1CCCCC1.CCC1(OC(=O)C(C)(C)CC)CCCCC1. The van der Waals surface area contributed by atoms with Gasteiger partial charge in [0.05, 0.1) is 83.5 Å². The van der Waals surface area contributed by atoms with Gasteiger partial charge in [-0.25, -0.2) is 4.79 Å². The van der Waals surface area contributed by atoms with Crippen molar-refractivity contribution in [3.05, 3.63) is 0 Å². The summed E-state index contributed by atoms with van der Waals surface area (Å²) in [5.41, 5.74) is -9.44. The minimum atomic E-state index is -0.986. The van der Waals surface area contributed by atoms with Gasteiger partial charge >= 0.3 is 59.7 Å². The summed E-state index contributed by atoms with van der Waals surface area (Å²) in [4.78, 5) is 121. The van der Waals surface area contributed by atoms with Gasteiger partial charge in [0.2, 0.25) is 6.10 Å². The molecular formula is C120H201NO26. The van der Waals surface area contributed by atoms with Crippen molar-refractivity contribution in [1.29, 1.82) is 5.26 Å². The average Bonchev–Trinajstić information content (AvgIpc) is 1.69. The van der Waals surface area contributed by atoms with Crippen molar-refractivity contribution in [2.24, 2.45) is 89.7 Å². The quantitative estimate of drug-likeness (QED) is 0.0438. The number of carbonyl (C=O) groups is 10.